The third-order valence-corrected chi connectivity index (χ3v) is 1.50. The Morgan fingerprint density at radius 3 is 2.83 bits per heavy atom. The fourth-order valence-corrected chi connectivity index (χ4v) is 0.908. The average Bonchev–Trinajstić information content (AvgIpc) is 1.98. The van der Waals surface area contributed by atoms with Crippen LogP contribution in [0.4, 0.5) is 14.9 Å². The van der Waals surface area contributed by atoms with Gasteiger partial charge in [0.1, 0.15) is 0 Å². The monoisotopic (exact) mass is 188 g/mol. The second-order valence-corrected chi connectivity index (χ2v) is 2.50. The number of rotatable bonds is 1. The summed E-state index contributed by atoms with van der Waals surface area (Å²) in [5, 5.41) is 2.04. The smallest absolute Gasteiger partial charge is 0.316 e. The van der Waals surface area contributed by atoms with E-state index in [0.717, 1.165) is 0 Å². The van der Waals surface area contributed by atoms with Crippen LogP contribution in [0.15, 0.2) is 18.2 Å². The van der Waals surface area contributed by atoms with Gasteiger partial charge in [-0.25, -0.2) is 9.18 Å². The minimum Gasteiger partial charge on any atom is -0.351 e. The van der Waals surface area contributed by atoms with E-state index in [2.05, 4.69) is 5.32 Å². The number of nitrogens with one attached hydrogen (secondary N) is 1. The number of primary amides is 1. The minimum absolute atomic E-state index is 0.0185. The molecular weight excluding hydrogens is 183 g/mol. The number of nitrogens with two attached hydrogens (primary N) is 1. The molecule has 0 atom stereocenters. The van der Waals surface area contributed by atoms with Crippen molar-refractivity contribution in [2.45, 2.75) is 0 Å². The van der Waals surface area contributed by atoms with Crippen molar-refractivity contribution in [1.82, 2.24) is 0 Å². The molecule has 0 aromatic heterocycles. The van der Waals surface area contributed by atoms with Crippen LogP contribution in [0.5, 0.6) is 0 Å². The van der Waals surface area contributed by atoms with E-state index in [-0.39, 0.29) is 10.7 Å². The first-order valence-corrected chi connectivity index (χ1v) is 3.49. The zero-order chi connectivity index (χ0) is 9.14. The number of carbonyl (C=O) groups is 1. The van der Waals surface area contributed by atoms with Gasteiger partial charge in [0.2, 0.25) is 0 Å². The largest absolute Gasteiger partial charge is 0.351 e. The lowest BCUT2D eigenvalue weighted by Crippen LogP contribution is -2.20. The topological polar surface area (TPSA) is 55.1 Å². The van der Waals surface area contributed by atoms with Crippen LogP contribution in [0.25, 0.3) is 0 Å². The van der Waals surface area contributed by atoms with Crippen LogP contribution in [0, 0.1) is 5.82 Å². The molecule has 0 spiro atoms. The van der Waals surface area contributed by atoms with Gasteiger partial charge in [0.15, 0.2) is 5.82 Å². The van der Waals surface area contributed by atoms with Gasteiger partial charge >= 0.3 is 6.03 Å². The first-order valence-electron chi connectivity index (χ1n) is 3.11. The van der Waals surface area contributed by atoms with Crippen LogP contribution < -0.4 is 11.1 Å². The van der Waals surface area contributed by atoms with Crippen molar-refractivity contribution in [2.24, 2.45) is 5.73 Å². The van der Waals surface area contributed by atoms with Crippen molar-refractivity contribution in [2.75, 3.05) is 5.32 Å². The maximum absolute atomic E-state index is 13.0. The van der Waals surface area contributed by atoms with Gasteiger partial charge in [-0.2, -0.15) is 0 Å². The lowest BCUT2D eigenvalue weighted by molar-refractivity contribution is 0.259. The highest BCUT2D eigenvalue weighted by Gasteiger charge is 2.06. The van der Waals surface area contributed by atoms with Gasteiger partial charge in [-0.3, -0.25) is 0 Å². The zero-order valence-electron chi connectivity index (χ0n) is 5.97. The van der Waals surface area contributed by atoms with Crippen LogP contribution in [0.3, 0.4) is 0 Å². The molecule has 0 heterocycles. The number of urea groups is 1. The van der Waals surface area contributed by atoms with E-state index < -0.39 is 11.8 Å². The number of halogens is 2. The summed E-state index contributed by atoms with van der Waals surface area (Å²) in [5.41, 5.74) is 4.77. The van der Waals surface area contributed by atoms with E-state index >= 15 is 0 Å². The van der Waals surface area contributed by atoms with Crippen LogP contribution >= 0.6 is 11.6 Å². The highest BCUT2D eigenvalue weighted by molar-refractivity contribution is 6.31. The fourth-order valence-electron chi connectivity index (χ4n) is 0.733. The summed E-state index contributed by atoms with van der Waals surface area (Å²) in [6.45, 7) is 0. The summed E-state index contributed by atoms with van der Waals surface area (Å²) >= 11 is 5.43. The summed E-state index contributed by atoms with van der Waals surface area (Å²) in [6.07, 6.45) is 0. The van der Waals surface area contributed by atoms with E-state index in [4.69, 9.17) is 17.3 Å². The Morgan fingerprint density at radius 2 is 2.25 bits per heavy atom. The predicted molar refractivity (Wildman–Crippen MR) is 44.6 cm³/mol. The molecule has 0 fully saturated rings. The molecule has 3 N–H and O–H groups in total. The number of anilines is 1. The van der Waals surface area contributed by atoms with Crippen molar-refractivity contribution in [1.29, 1.82) is 0 Å². The third kappa shape index (κ3) is 1.85. The second kappa shape index (κ2) is 3.40. The number of benzene rings is 1. The van der Waals surface area contributed by atoms with Gasteiger partial charge in [0.25, 0.3) is 0 Å². The maximum Gasteiger partial charge on any atom is 0.316 e. The van der Waals surface area contributed by atoms with Crippen molar-refractivity contribution in [3.63, 3.8) is 0 Å². The molecule has 1 aromatic rings. The third-order valence-electron chi connectivity index (χ3n) is 1.21. The molecule has 12 heavy (non-hydrogen) atoms. The Kier molecular flexibility index (Phi) is 2.50. The van der Waals surface area contributed by atoms with Crippen LogP contribution in [-0.4, -0.2) is 6.03 Å². The minimum atomic E-state index is -0.823. The Morgan fingerprint density at radius 1 is 1.58 bits per heavy atom. The van der Waals surface area contributed by atoms with E-state index in [1.807, 2.05) is 0 Å². The molecule has 2 amide bonds. The number of carbonyl (C=O) groups excluding carboxylic acids is 1. The molecule has 0 radical (unpaired) electrons. The van der Waals surface area contributed by atoms with Crippen LogP contribution in [0.1, 0.15) is 0 Å². The van der Waals surface area contributed by atoms with E-state index in [0.29, 0.717) is 0 Å². The molecule has 1 rings (SSSR count). The van der Waals surface area contributed by atoms with Gasteiger partial charge in [0.05, 0.1) is 10.7 Å². The molecule has 0 unspecified atom stereocenters. The molecule has 0 aliphatic heterocycles. The zero-order valence-corrected chi connectivity index (χ0v) is 6.73. The summed E-state index contributed by atoms with van der Waals surface area (Å²) in [5.74, 6) is -0.682. The molecule has 0 aliphatic carbocycles. The van der Waals surface area contributed by atoms with Gasteiger partial charge in [-0.05, 0) is 12.1 Å². The molecule has 0 saturated heterocycles. The summed E-state index contributed by atoms with van der Waals surface area (Å²) in [4.78, 5) is 10.3. The SMILES string of the molecule is NC(=O)Nc1cccc(Cl)c1F. The molecule has 1 aromatic carbocycles. The lowest BCUT2D eigenvalue weighted by Gasteiger charge is -2.03. The molecule has 0 bridgehead atoms. The Hall–Kier alpha value is -1.29. The van der Waals surface area contributed by atoms with Gasteiger partial charge < -0.3 is 11.1 Å². The van der Waals surface area contributed by atoms with Gasteiger partial charge in [0, 0.05) is 0 Å². The van der Waals surface area contributed by atoms with Crippen molar-refractivity contribution in [3.05, 3.63) is 29.0 Å². The molecule has 5 heteroatoms. The predicted octanol–water partition coefficient (Wildman–Crippen LogP) is 1.97. The van der Waals surface area contributed by atoms with E-state index in [1.165, 1.54) is 18.2 Å². The second-order valence-electron chi connectivity index (χ2n) is 2.09. The number of hydrogen-bond donors (Lipinski definition) is 2. The number of hydrogen-bond acceptors (Lipinski definition) is 1. The van der Waals surface area contributed by atoms with Crippen LogP contribution in [0.2, 0.25) is 5.02 Å². The maximum atomic E-state index is 13.0. The summed E-state index contributed by atoms with van der Waals surface area (Å²) in [6, 6.07) is 3.43. The molecule has 0 saturated carbocycles. The fraction of sp³-hybridized carbons (Fsp3) is 0. The quantitative estimate of drug-likeness (QED) is 0.696. The standard InChI is InChI=1S/C7H6ClFN2O/c8-4-2-1-3-5(6(4)9)11-7(10)12/h1-3H,(H3,10,11,12). The first kappa shape index (κ1) is 8.80. The number of amides is 2. The van der Waals surface area contributed by atoms with Crippen molar-refractivity contribution < 1.29 is 9.18 Å². The molecule has 3 nitrogen and oxygen atoms in total. The Bertz CT molecular complexity index is 316. The van der Waals surface area contributed by atoms with Crippen LogP contribution in [-0.2, 0) is 0 Å². The molecule has 64 valence electrons. The lowest BCUT2D eigenvalue weighted by atomic mass is 10.3. The van der Waals surface area contributed by atoms with E-state index in [1.54, 1.807) is 0 Å². The van der Waals surface area contributed by atoms with E-state index in [9.17, 15) is 9.18 Å². The normalized spacial score (nSPS) is 9.50. The summed E-state index contributed by atoms with van der Waals surface area (Å²) < 4.78 is 13.0. The van der Waals surface area contributed by atoms with Crippen molar-refractivity contribution >= 4 is 23.3 Å². The van der Waals surface area contributed by atoms with Gasteiger partial charge in [-0.1, -0.05) is 17.7 Å². The van der Waals surface area contributed by atoms with Gasteiger partial charge in [-0.15, -0.1) is 0 Å². The molecular formula is C7H6ClFN2O. The summed E-state index contributed by atoms with van der Waals surface area (Å²) in [7, 11) is 0. The highest BCUT2D eigenvalue weighted by atomic mass is 35.5. The highest BCUT2D eigenvalue weighted by Crippen LogP contribution is 2.21. The Balaban J connectivity index is 3.00. The Labute approximate surface area is 73.3 Å². The first-order chi connectivity index (χ1) is 5.61. The average molecular weight is 189 g/mol. The molecule has 0 aliphatic rings. The van der Waals surface area contributed by atoms with Crippen molar-refractivity contribution in [3.8, 4) is 0 Å².